The van der Waals surface area contributed by atoms with E-state index < -0.39 is 0 Å². The smallest absolute Gasteiger partial charge is 0.132 e. The van der Waals surface area contributed by atoms with E-state index in [0.29, 0.717) is 21.6 Å². The van der Waals surface area contributed by atoms with Crippen molar-refractivity contribution in [1.82, 2.24) is 4.98 Å². The summed E-state index contributed by atoms with van der Waals surface area (Å²) >= 11 is 11.7. The van der Waals surface area contributed by atoms with Crippen molar-refractivity contribution < 1.29 is 0 Å². The standard InChI is InChI=1S/C12H9Cl2N3/c13-10-4-3-9(6-11(10)14)17-12(15)8-2-1-5-16-7-8/h1-7H,(H2,15,17). The van der Waals surface area contributed by atoms with Gasteiger partial charge in [-0.25, -0.2) is 4.99 Å². The molecular weight excluding hydrogens is 257 g/mol. The Morgan fingerprint density at radius 2 is 2.00 bits per heavy atom. The lowest BCUT2D eigenvalue weighted by atomic mass is 10.2. The number of hydrogen-bond donors (Lipinski definition) is 1. The van der Waals surface area contributed by atoms with Gasteiger partial charge in [0.2, 0.25) is 0 Å². The van der Waals surface area contributed by atoms with Crippen molar-refractivity contribution in [2.45, 2.75) is 0 Å². The molecule has 2 rings (SSSR count). The SMILES string of the molecule is NC(=Nc1ccc(Cl)c(Cl)c1)c1cccnc1. The van der Waals surface area contributed by atoms with Gasteiger partial charge in [-0.2, -0.15) is 0 Å². The third-order valence-corrected chi connectivity index (χ3v) is 2.85. The molecule has 0 spiro atoms. The molecule has 5 heteroatoms. The fourth-order valence-corrected chi connectivity index (χ4v) is 1.56. The highest BCUT2D eigenvalue weighted by Gasteiger charge is 2.01. The van der Waals surface area contributed by atoms with Crippen LogP contribution in [0.3, 0.4) is 0 Å². The number of halogens is 2. The van der Waals surface area contributed by atoms with Crippen LogP contribution in [0, 0.1) is 0 Å². The fraction of sp³-hybridized carbons (Fsp3) is 0. The van der Waals surface area contributed by atoms with Gasteiger partial charge in [-0.05, 0) is 30.3 Å². The molecule has 17 heavy (non-hydrogen) atoms. The van der Waals surface area contributed by atoms with Crippen LogP contribution in [-0.2, 0) is 0 Å². The van der Waals surface area contributed by atoms with Gasteiger partial charge in [-0.1, -0.05) is 23.2 Å². The molecule has 86 valence electrons. The molecule has 2 N–H and O–H groups in total. The first kappa shape index (κ1) is 11.9. The number of hydrogen-bond acceptors (Lipinski definition) is 2. The summed E-state index contributed by atoms with van der Waals surface area (Å²) in [6.07, 6.45) is 3.33. The van der Waals surface area contributed by atoms with E-state index in [1.165, 1.54) is 0 Å². The molecule has 0 saturated carbocycles. The molecule has 2 aromatic rings. The van der Waals surface area contributed by atoms with E-state index in [0.717, 1.165) is 5.56 Å². The molecule has 0 unspecified atom stereocenters. The van der Waals surface area contributed by atoms with Gasteiger partial charge >= 0.3 is 0 Å². The number of nitrogens with zero attached hydrogens (tertiary/aromatic N) is 2. The number of amidine groups is 1. The van der Waals surface area contributed by atoms with Crippen molar-refractivity contribution >= 4 is 34.7 Å². The average molecular weight is 266 g/mol. The highest BCUT2D eigenvalue weighted by atomic mass is 35.5. The van der Waals surface area contributed by atoms with Gasteiger partial charge in [0.1, 0.15) is 5.84 Å². The van der Waals surface area contributed by atoms with E-state index >= 15 is 0 Å². The first-order valence-electron chi connectivity index (χ1n) is 4.86. The minimum atomic E-state index is 0.386. The number of benzene rings is 1. The van der Waals surface area contributed by atoms with Crippen molar-refractivity contribution in [3.8, 4) is 0 Å². The minimum absolute atomic E-state index is 0.386. The molecule has 0 aliphatic heterocycles. The molecule has 0 atom stereocenters. The Morgan fingerprint density at radius 3 is 2.65 bits per heavy atom. The monoisotopic (exact) mass is 265 g/mol. The molecule has 3 nitrogen and oxygen atoms in total. The van der Waals surface area contributed by atoms with Gasteiger partial charge in [0.25, 0.3) is 0 Å². The van der Waals surface area contributed by atoms with E-state index in [1.807, 2.05) is 6.07 Å². The number of aromatic nitrogens is 1. The van der Waals surface area contributed by atoms with Gasteiger partial charge in [-0.3, -0.25) is 4.98 Å². The Morgan fingerprint density at radius 1 is 1.18 bits per heavy atom. The van der Waals surface area contributed by atoms with E-state index in [1.54, 1.807) is 36.7 Å². The van der Waals surface area contributed by atoms with Crippen LogP contribution in [0.25, 0.3) is 0 Å². The Balaban J connectivity index is 2.33. The predicted octanol–water partition coefficient (Wildman–Crippen LogP) is 3.43. The lowest BCUT2D eigenvalue weighted by molar-refractivity contribution is 1.30. The maximum Gasteiger partial charge on any atom is 0.132 e. The van der Waals surface area contributed by atoms with Crippen LogP contribution in [-0.4, -0.2) is 10.8 Å². The number of rotatable bonds is 2. The summed E-state index contributed by atoms with van der Waals surface area (Å²) in [6, 6.07) is 8.72. The second-order valence-corrected chi connectivity index (χ2v) is 4.15. The summed E-state index contributed by atoms with van der Waals surface area (Å²) < 4.78 is 0. The highest BCUT2D eigenvalue weighted by molar-refractivity contribution is 6.42. The zero-order chi connectivity index (χ0) is 12.3. The van der Waals surface area contributed by atoms with Crippen molar-refractivity contribution in [2.75, 3.05) is 0 Å². The number of nitrogens with two attached hydrogens (primary N) is 1. The normalized spacial score (nSPS) is 11.5. The summed E-state index contributed by atoms with van der Waals surface area (Å²) in [5.74, 6) is 0.386. The third-order valence-electron chi connectivity index (χ3n) is 2.11. The second-order valence-electron chi connectivity index (χ2n) is 3.34. The zero-order valence-electron chi connectivity index (χ0n) is 8.77. The van der Waals surface area contributed by atoms with E-state index in [4.69, 9.17) is 28.9 Å². The molecule has 1 aromatic carbocycles. The minimum Gasteiger partial charge on any atom is -0.383 e. The quantitative estimate of drug-likeness (QED) is 0.668. The van der Waals surface area contributed by atoms with Crippen LogP contribution in [0.2, 0.25) is 10.0 Å². The molecule has 0 saturated heterocycles. The highest BCUT2D eigenvalue weighted by Crippen LogP contribution is 2.26. The van der Waals surface area contributed by atoms with Crippen LogP contribution in [0.4, 0.5) is 5.69 Å². The lowest BCUT2D eigenvalue weighted by Gasteiger charge is -2.01. The summed E-state index contributed by atoms with van der Waals surface area (Å²) in [5.41, 5.74) is 7.27. The van der Waals surface area contributed by atoms with Crippen molar-refractivity contribution in [3.63, 3.8) is 0 Å². The molecule has 0 fully saturated rings. The molecule has 0 aliphatic carbocycles. The van der Waals surface area contributed by atoms with Crippen molar-refractivity contribution in [2.24, 2.45) is 10.7 Å². The molecule has 0 amide bonds. The van der Waals surface area contributed by atoms with Crippen molar-refractivity contribution in [1.29, 1.82) is 0 Å². The van der Waals surface area contributed by atoms with E-state index in [-0.39, 0.29) is 0 Å². The Bertz CT molecular complexity index is 553. The summed E-state index contributed by atoms with van der Waals surface area (Å²) in [4.78, 5) is 8.21. The van der Waals surface area contributed by atoms with E-state index in [9.17, 15) is 0 Å². The van der Waals surface area contributed by atoms with Crippen LogP contribution in [0.1, 0.15) is 5.56 Å². The first-order chi connectivity index (χ1) is 8.16. The molecule has 0 aliphatic rings. The van der Waals surface area contributed by atoms with Crippen LogP contribution < -0.4 is 5.73 Å². The van der Waals surface area contributed by atoms with E-state index in [2.05, 4.69) is 9.98 Å². The molecule has 0 bridgehead atoms. The second kappa shape index (κ2) is 5.17. The molecule has 0 radical (unpaired) electrons. The Hall–Kier alpha value is -1.58. The lowest BCUT2D eigenvalue weighted by Crippen LogP contribution is -2.12. The number of aliphatic imine (C=N–C) groups is 1. The maximum absolute atomic E-state index is 5.89. The van der Waals surface area contributed by atoms with Crippen LogP contribution in [0.5, 0.6) is 0 Å². The van der Waals surface area contributed by atoms with Crippen molar-refractivity contribution in [3.05, 3.63) is 58.3 Å². The average Bonchev–Trinajstić information content (AvgIpc) is 2.35. The topological polar surface area (TPSA) is 51.3 Å². The van der Waals surface area contributed by atoms with Gasteiger partial charge in [-0.15, -0.1) is 0 Å². The molecule has 1 heterocycles. The van der Waals surface area contributed by atoms with Gasteiger partial charge < -0.3 is 5.73 Å². The zero-order valence-corrected chi connectivity index (χ0v) is 10.3. The maximum atomic E-state index is 5.89. The summed E-state index contributed by atoms with van der Waals surface area (Å²) in [6.45, 7) is 0. The van der Waals surface area contributed by atoms with Gasteiger partial charge in [0.05, 0.1) is 15.7 Å². The molecular formula is C12H9Cl2N3. The predicted molar refractivity (Wildman–Crippen MR) is 71.1 cm³/mol. The van der Waals surface area contributed by atoms with Crippen LogP contribution in [0.15, 0.2) is 47.7 Å². The third kappa shape index (κ3) is 2.96. The fourth-order valence-electron chi connectivity index (χ4n) is 1.27. The summed E-state index contributed by atoms with van der Waals surface area (Å²) in [5, 5.41) is 0.942. The van der Waals surface area contributed by atoms with Crippen LogP contribution >= 0.6 is 23.2 Å². The summed E-state index contributed by atoms with van der Waals surface area (Å²) in [7, 11) is 0. The Kier molecular flexibility index (Phi) is 3.61. The van der Waals surface area contributed by atoms with Gasteiger partial charge in [0, 0.05) is 18.0 Å². The number of pyridine rings is 1. The first-order valence-corrected chi connectivity index (χ1v) is 5.62. The largest absolute Gasteiger partial charge is 0.383 e. The Labute approximate surface area is 109 Å². The van der Waals surface area contributed by atoms with Gasteiger partial charge in [0.15, 0.2) is 0 Å². The molecule has 1 aromatic heterocycles.